The molecule has 110 valence electrons. The van der Waals surface area contributed by atoms with Crippen LogP contribution in [0.15, 0.2) is 0 Å². The van der Waals surface area contributed by atoms with Crippen molar-refractivity contribution in [2.75, 3.05) is 33.9 Å². The Bertz CT molecular complexity index is 314. The van der Waals surface area contributed by atoms with Crippen LogP contribution in [0.5, 0.6) is 0 Å². The standard InChI is InChI=1S/C13H24N2O4/c1-15(8-5-9-19-2)12(18)14-10-13(11(16)17)6-3-4-7-13/h3-10H2,1-2H3,(H,14,18)(H,16,17). The molecule has 6 heteroatoms. The molecule has 0 bridgehead atoms. The van der Waals surface area contributed by atoms with E-state index in [1.165, 1.54) is 0 Å². The Morgan fingerprint density at radius 1 is 1.37 bits per heavy atom. The third-order valence-electron chi connectivity index (χ3n) is 3.78. The minimum absolute atomic E-state index is 0.218. The summed E-state index contributed by atoms with van der Waals surface area (Å²) < 4.78 is 4.92. The second kappa shape index (κ2) is 7.33. The summed E-state index contributed by atoms with van der Waals surface area (Å²) in [5, 5.41) is 12.0. The van der Waals surface area contributed by atoms with Crippen LogP contribution in [0.2, 0.25) is 0 Å². The number of carboxylic acid groups (broad SMARTS) is 1. The molecule has 0 aromatic carbocycles. The molecular weight excluding hydrogens is 248 g/mol. The SMILES string of the molecule is COCCCN(C)C(=O)NCC1(C(=O)O)CCCC1. The lowest BCUT2D eigenvalue weighted by atomic mass is 9.86. The number of carbonyl (C=O) groups is 2. The highest BCUT2D eigenvalue weighted by molar-refractivity contribution is 5.78. The summed E-state index contributed by atoms with van der Waals surface area (Å²) in [7, 11) is 3.32. The van der Waals surface area contributed by atoms with E-state index in [2.05, 4.69) is 5.32 Å². The number of amides is 2. The molecule has 0 saturated heterocycles. The van der Waals surface area contributed by atoms with Crippen molar-refractivity contribution >= 4 is 12.0 Å². The molecule has 0 radical (unpaired) electrons. The summed E-state index contributed by atoms with van der Waals surface area (Å²) in [4.78, 5) is 24.7. The van der Waals surface area contributed by atoms with E-state index < -0.39 is 11.4 Å². The van der Waals surface area contributed by atoms with Crippen LogP contribution in [-0.4, -0.2) is 55.9 Å². The predicted molar refractivity (Wildman–Crippen MR) is 71.1 cm³/mol. The highest BCUT2D eigenvalue weighted by Gasteiger charge is 2.41. The number of hydrogen-bond donors (Lipinski definition) is 2. The molecule has 1 rings (SSSR count). The summed E-state index contributed by atoms with van der Waals surface area (Å²) in [6, 6.07) is -0.219. The molecule has 1 aliphatic carbocycles. The van der Waals surface area contributed by atoms with Crippen molar-refractivity contribution in [1.82, 2.24) is 10.2 Å². The van der Waals surface area contributed by atoms with Crippen molar-refractivity contribution in [3.8, 4) is 0 Å². The molecule has 0 heterocycles. The molecule has 0 aliphatic heterocycles. The summed E-state index contributed by atoms with van der Waals surface area (Å²) in [6.45, 7) is 1.42. The van der Waals surface area contributed by atoms with E-state index in [1.54, 1.807) is 19.1 Å². The third kappa shape index (κ3) is 4.38. The number of rotatable bonds is 7. The van der Waals surface area contributed by atoms with Gasteiger partial charge in [-0.3, -0.25) is 4.79 Å². The molecule has 1 fully saturated rings. The first-order valence-corrected chi connectivity index (χ1v) is 6.73. The Kier molecular flexibility index (Phi) is 6.08. The number of urea groups is 1. The highest BCUT2D eigenvalue weighted by atomic mass is 16.5. The van der Waals surface area contributed by atoms with E-state index in [4.69, 9.17) is 4.74 Å². The largest absolute Gasteiger partial charge is 0.481 e. The maximum atomic E-state index is 11.8. The van der Waals surface area contributed by atoms with Gasteiger partial charge >= 0.3 is 12.0 Å². The van der Waals surface area contributed by atoms with Gasteiger partial charge < -0.3 is 20.1 Å². The van der Waals surface area contributed by atoms with Crippen LogP contribution in [0.25, 0.3) is 0 Å². The van der Waals surface area contributed by atoms with Crippen molar-refractivity contribution in [2.24, 2.45) is 5.41 Å². The van der Waals surface area contributed by atoms with Gasteiger partial charge in [-0.05, 0) is 19.3 Å². The number of hydrogen-bond acceptors (Lipinski definition) is 3. The zero-order valence-electron chi connectivity index (χ0n) is 11.8. The van der Waals surface area contributed by atoms with E-state index in [0.717, 1.165) is 19.3 Å². The molecule has 2 N–H and O–H groups in total. The monoisotopic (exact) mass is 272 g/mol. The topological polar surface area (TPSA) is 78.9 Å². The van der Waals surface area contributed by atoms with Crippen LogP contribution in [0.1, 0.15) is 32.1 Å². The van der Waals surface area contributed by atoms with Crippen LogP contribution in [0, 0.1) is 5.41 Å². The Balaban J connectivity index is 2.37. The van der Waals surface area contributed by atoms with Crippen molar-refractivity contribution in [2.45, 2.75) is 32.1 Å². The Morgan fingerprint density at radius 3 is 2.53 bits per heavy atom. The van der Waals surface area contributed by atoms with Crippen LogP contribution in [-0.2, 0) is 9.53 Å². The van der Waals surface area contributed by atoms with Crippen molar-refractivity contribution in [3.05, 3.63) is 0 Å². The second-order valence-electron chi connectivity index (χ2n) is 5.22. The minimum atomic E-state index is -0.799. The van der Waals surface area contributed by atoms with Gasteiger partial charge in [0.15, 0.2) is 0 Å². The van der Waals surface area contributed by atoms with Crippen molar-refractivity contribution in [3.63, 3.8) is 0 Å². The number of methoxy groups -OCH3 is 1. The minimum Gasteiger partial charge on any atom is -0.481 e. The smallest absolute Gasteiger partial charge is 0.317 e. The van der Waals surface area contributed by atoms with Crippen LogP contribution >= 0.6 is 0 Å². The second-order valence-corrected chi connectivity index (χ2v) is 5.22. The highest BCUT2D eigenvalue weighted by Crippen LogP contribution is 2.37. The van der Waals surface area contributed by atoms with Gasteiger partial charge in [0.25, 0.3) is 0 Å². The Labute approximate surface area is 114 Å². The van der Waals surface area contributed by atoms with Gasteiger partial charge in [-0.1, -0.05) is 12.8 Å². The molecule has 0 aromatic heterocycles. The molecule has 1 aliphatic rings. The number of nitrogens with zero attached hydrogens (tertiary/aromatic N) is 1. The molecule has 0 atom stereocenters. The van der Waals surface area contributed by atoms with Gasteiger partial charge in [0.1, 0.15) is 0 Å². The Morgan fingerprint density at radius 2 is 2.00 bits per heavy atom. The quantitative estimate of drug-likeness (QED) is 0.685. The number of ether oxygens (including phenoxy) is 1. The van der Waals surface area contributed by atoms with Crippen LogP contribution in [0.4, 0.5) is 4.79 Å². The van der Waals surface area contributed by atoms with Crippen molar-refractivity contribution in [1.29, 1.82) is 0 Å². The third-order valence-corrected chi connectivity index (χ3v) is 3.78. The lowest BCUT2D eigenvalue weighted by molar-refractivity contribution is -0.148. The first-order chi connectivity index (χ1) is 9.02. The van der Waals surface area contributed by atoms with E-state index in [9.17, 15) is 14.7 Å². The Hall–Kier alpha value is -1.30. The maximum Gasteiger partial charge on any atom is 0.317 e. The summed E-state index contributed by atoms with van der Waals surface area (Å²) >= 11 is 0. The summed E-state index contributed by atoms with van der Waals surface area (Å²) in [5.74, 6) is -0.799. The number of nitrogens with one attached hydrogen (secondary N) is 1. The molecule has 0 aromatic rings. The van der Waals surface area contributed by atoms with Gasteiger partial charge in [-0.2, -0.15) is 0 Å². The molecule has 2 amide bonds. The zero-order valence-corrected chi connectivity index (χ0v) is 11.8. The van der Waals surface area contributed by atoms with E-state index in [-0.39, 0.29) is 12.6 Å². The van der Waals surface area contributed by atoms with E-state index in [0.29, 0.717) is 26.0 Å². The van der Waals surface area contributed by atoms with Gasteiger partial charge in [-0.15, -0.1) is 0 Å². The maximum absolute atomic E-state index is 11.8. The molecule has 1 saturated carbocycles. The molecule has 19 heavy (non-hydrogen) atoms. The molecule has 0 spiro atoms. The summed E-state index contributed by atoms with van der Waals surface area (Å²) in [5.41, 5.74) is -0.761. The zero-order chi connectivity index (χ0) is 14.3. The first kappa shape index (κ1) is 15.8. The van der Waals surface area contributed by atoms with Crippen molar-refractivity contribution < 1.29 is 19.4 Å². The van der Waals surface area contributed by atoms with Gasteiger partial charge in [0.2, 0.25) is 0 Å². The fourth-order valence-corrected chi connectivity index (χ4v) is 2.45. The first-order valence-electron chi connectivity index (χ1n) is 6.73. The normalized spacial score (nSPS) is 17.2. The predicted octanol–water partition coefficient (Wildman–Crippen LogP) is 1.31. The number of aliphatic carboxylic acids is 1. The lowest BCUT2D eigenvalue weighted by Gasteiger charge is -2.26. The molecular formula is C13H24N2O4. The van der Waals surface area contributed by atoms with Gasteiger partial charge in [-0.25, -0.2) is 4.79 Å². The van der Waals surface area contributed by atoms with Crippen LogP contribution < -0.4 is 5.32 Å². The van der Waals surface area contributed by atoms with E-state index in [1.807, 2.05) is 0 Å². The molecule has 0 unspecified atom stereocenters. The van der Waals surface area contributed by atoms with Gasteiger partial charge in [0, 0.05) is 33.9 Å². The van der Waals surface area contributed by atoms with Crippen LogP contribution in [0.3, 0.4) is 0 Å². The average molecular weight is 272 g/mol. The molecule has 6 nitrogen and oxygen atoms in total. The fraction of sp³-hybridized carbons (Fsp3) is 0.846. The average Bonchev–Trinajstić information content (AvgIpc) is 2.86. The van der Waals surface area contributed by atoms with E-state index >= 15 is 0 Å². The number of carbonyl (C=O) groups excluding carboxylic acids is 1. The summed E-state index contributed by atoms with van der Waals surface area (Å²) in [6.07, 6.45) is 3.91. The fourth-order valence-electron chi connectivity index (χ4n) is 2.45. The van der Waals surface area contributed by atoms with Gasteiger partial charge in [0.05, 0.1) is 5.41 Å². The lowest BCUT2D eigenvalue weighted by Crippen LogP contribution is -2.45. The number of carboxylic acids is 1.